The third-order valence-corrected chi connectivity index (χ3v) is 5.31. The number of nitrogen functional groups attached to an aromatic ring is 1. The summed E-state index contributed by atoms with van der Waals surface area (Å²) in [5.41, 5.74) is 6.72. The molecule has 0 saturated heterocycles. The molecule has 0 atom stereocenters. The van der Waals surface area contributed by atoms with Crippen LogP contribution in [-0.2, 0) is 17.1 Å². The second kappa shape index (κ2) is 4.29. The quantitative estimate of drug-likeness (QED) is 0.894. The molecule has 2 aromatic rings. The van der Waals surface area contributed by atoms with E-state index in [2.05, 4.69) is 9.82 Å². The fraction of sp³-hybridized carbons (Fsp3) is 0.300. The SMILES string of the molecule is Cc1ccc(S(=O)(=O)Nc2c(N)c(C)nn2C)s1. The largest absolute Gasteiger partial charge is 0.394 e. The van der Waals surface area contributed by atoms with Crippen LogP contribution in [0.1, 0.15) is 10.6 Å². The van der Waals surface area contributed by atoms with Crippen molar-refractivity contribution < 1.29 is 8.42 Å². The second-order valence-electron chi connectivity index (χ2n) is 3.94. The summed E-state index contributed by atoms with van der Waals surface area (Å²) in [5, 5.41) is 4.06. The Morgan fingerprint density at radius 2 is 2.06 bits per heavy atom. The van der Waals surface area contributed by atoms with Crippen LogP contribution in [0, 0.1) is 13.8 Å². The van der Waals surface area contributed by atoms with Gasteiger partial charge in [-0.1, -0.05) is 0 Å². The second-order valence-corrected chi connectivity index (χ2v) is 7.14. The van der Waals surface area contributed by atoms with E-state index in [0.29, 0.717) is 17.2 Å². The van der Waals surface area contributed by atoms with Crippen LogP contribution in [0.5, 0.6) is 0 Å². The Morgan fingerprint density at radius 3 is 2.50 bits per heavy atom. The lowest BCUT2D eigenvalue weighted by Crippen LogP contribution is -2.15. The van der Waals surface area contributed by atoms with E-state index in [1.807, 2.05) is 6.92 Å². The molecule has 0 saturated carbocycles. The molecule has 0 unspecified atom stereocenters. The van der Waals surface area contributed by atoms with Gasteiger partial charge in [-0.05, 0) is 26.0 Å². The highest BCUT2D eigenvalue weighted by Crippen LogP contribution is 2.27. The third kappa shape index (κ3) is 2.21. The predicted octanol–water partition coefficient (Wildman–Crippen LogP) is 1.48. The highest BCUT2D eigenvalue weighted by molar-refractivity contribution is 7.94. The van der Waals surface area contributed by atoms with Gasteiger partial charge in [0.1, 0.15) is 4.21 Å². The first-order valence-electron chi connectivity index (χ1n) is 5.19. The van der Waals surface area contributed by atoms with Crippen molar-refractivity contribution in [2.45, 2.75) is 18.1 Å². The molecule has 8 heteroatoms. The lowest BCUT2D eigenvalue weighted by atomic mass is 10.4. The van der Waals surface area contributed by atoms with E-state index in [9.17, 15) is 8.42 Å². The van der Waals surface area contributed by atoms with E-state index < -0.39 is 10.0 Å². The Kier molecular flexibility index (Phi) is 3.07. The molecule has 0 radical (unpaired) electrons. The van der Waals surface area contributed by atoms with E-state index >= 15 is 0 Å². The number of thiophene rings is 1. The van der Waals surface area contributed by atoms with Gasteiger partial charge in [0.25, 0.3) is 10.0 Å². The van der Waals surface area contributed by atoms with Crippen molar-refractivity contribution >= 4 is 32.9 Å². The van der Waals surface area contributed by atoms with Crippen LogP contribution < -0.4 is 10.5 Å². The topological polar surface area (TPSA) is 90.0 Å². The number of nitrogens with two attached hydrogens (primary N) is 1. The van der Waals surface area contributed by atoms with Gasteiger partial charge in [-0.15, -0.1) is 11.3 Å². The van der Waals surface area contributed by atoms with Crippen molar-refractivity contribution in [3.8, 4) is 0 Å². The number of rotatable bonds is 3. The molecule has 0 aliphatic heterocycles. The van der Waals surface area contributed by atoms with Gasteiger partial charge in [0.05, 0.1) is 11.4 Å². The van der Waals surface area contributed by atoms with Crippen LogP contribution in [0.15, 0.2) is 16.3 Å². The van der Waals surface area contributed by atoms with E-state index in [4.69, 9.17) is 5.73 Å². The summed E-state index contributed by atoms with van der Waals surface area (Å²) >= 11 is 1.21. The molecular weight excluding hydrogens is 272 g/mol. The molecule has 0 amide bonds. The maximum Gasteiger partial charge on any atom is 0.272 e. The van der Waals surface area contributed by atoms with Gasteiger partial charge in [0.15, 0.2) is 5.82 Å². The van der Waals surface area contributed by atoms with Crippen molar-refractivity contribution in [2.75, 3.05) is 10.5 Å². The van der Waals surface area contributed by atoms with E-state index in [0.717, 1.165) is 4.88 Å². The Bertz CT molecular complexity index is 685. The summed E-state index contributed by atoms with van der Waals surface area (Å²) in [6.07, 6.45) is 0. The number of sulfonamides is 1. The Hall–Kier alpha value is -1.54. The van der Waals surface area contributed by atoms with Gasteiger partial charge in [0.2, 0.25) is 0 Å². The molecule has 0 aliphatic rings. The summed E-state index contributed by atoms with van der Waals surface area (Å²) in [6.45, 7) is 3.58. The highest BCUT2D eigenvalue weighted by Gasteiger charge is 2.20. The smallest absolute Gasteiger partial charge is 0.272 e. The number of hydrogen-bond donors (Lipinski definition) is 2. The standard InChI is InChI=1S/C10H14N4O2S2/c1-6-4-5-8(17-6)18(15,16)13-10-9(11)7(2)12-14(10)3/h4-5,13H,11H2,1-3H3. The molecule has 0 aromatic carbocycles. The molecule has 0 bridgehead atoms. The number of nitrogens with zero attached hydrogens (tertiary/aromatic N) is 2. The summed E-state index contributed by atoms with van der Waals surface area (Å²) in [7, 11) is -1.96. The molecule has 2 aromatic heterocycles. The van der Waals surface area contributed by atoms with Crippen molar-refractivity contribution in [3.63, 3.8) is 0 Å². The number of aryl methyl sites for hydroxylation is 3. The first-order chi connectivity index (χ1) is 8.31. The van der Waals surface area contributed by atoms with Crippen LogP contribution in [0.3, 0.4) is 0 Å². The molecule has 0 spiro atoms. The van der Waals surface area contributed by atoms with Crippen molar-refractivity contribution in [3.05, 3.63) is 22.7 Å². The normalized spacial score (nSPS) is 11.7. The maximum atomic E-state index is 12.1. The summed E-state index contributed by atoms with van der Waals surface area (Å²) in [4.78, 5) is 0.935. The number of hydrogen-bond acceptors (Lipinski definition) is 5. The van der Waals surface area contributed by atoms with E-state index in [1.54, 1.807) is 26.1 Å². The van der Waals surface area contributed by atoms with Crippen molar-refractivity contribution in [1.29, 1.82) is 0 Å². The zero-order valence-corrected chi connectivity index (χ0v) is 11.9. The van der Waals surface area contributed by atoms with E-state index in [1.165, 1.54) is 16.0 Å². The number of aromatic nitrogens is 2. The van der Waals surface area contributed by atoms with Crippen molar-refractivity contribution in [1.82, 2.24) is 9.78 Å². The van der Waals surface area contributed by atoms with E-state index in [-0.39, 0.29) is 4.21 Å². The first kappa shape index (κ1) is 12.9. The van der Waals surface area contributed by atoms with Crippen LogP contribution in [0.25, 0.3) is 0 Å². The number of nitrogens with one attached hydrogen (secondary N) is 1. The minimum Gasteiger partial charge on any atom is -0.394 e. The van der Waals surface area contributed by atoms with Crippen LogP contribution in [-0.4, -0.2) is 18.2 Å². The molecule has 0 aliphatic carbocycles. The van der Waals surface area contributed by atoms with Gasteiger partial charge in [-0.25, -0.2) is 13.1 Å². The molecule has 3 N–H and O–H groups in total. The maximum absolute atomic E-state index is 12.1. The monoisotopic (exact) mass is 286 g/mol. The van der Waals surface area contributed by atoms with Gasteiger partial charge in [-0.3, -0.25) is 4.72 Å². The molecule has 0 fully saturated rings. The van der Waals surface area contributed by atoms with Crippen molar-refractivity contribution in [2.24, 2.45) is 7.05 Å². The first-order valence-corrected chi connectivity index (χ1v) is 7.49. The fourth-order valence-corrected chi connectivity index (χ4v) is 3.92. The average Bonchev–Trinajstić information content (AvgIpc) is 2.80. The number of anilines is 2. The Balaban J connectivity index is 2.39. The average molecular weight is 286 g/mol. The van der Waals surface area contributed by atoms with Gasteiger partial charge in [0, 0.05) is 11.9 Å². The molecule has 18 heavy (non-hydrogen) atoms. The lowest BCUT2D eigenvalue weighted by Gasteiger charge is -2.07. The zero-order valence-electron chi connectivity index (χ0n) is 10.3. The minimum atomic E-state index is -3.60. The summed E-state index contributed by atoms with van der Waals surface area (Å²) < 4.78 is 28.4. The van der Waals surface area contributed by atoms with Crippen LogP contribution in [0.2, 0.25) is 0 Å². The molecule has 98 valence electrons. The predicted molar refractivity (Wildman–Crippen MR) is 72.2 cm³/mol. The highest BCUT2D eigenvalue weighted by atomic mass is 32.2. The van der Waals surface area contributed by atoms with Crippen LogP contribution >= 0.6 is 11.3 Å². The Morgan fingerprint density at radius 1 is 1.39 bits per heavy atom. The van der Waals surface area contributed by atoms with Crippen LogP contribution in [0.4, 0.5) is 11.5 Å². The summed E-state index contributed by atoms with van der Waals surface area (Å²) in [5.74, 6) is 0.290. The lowest BCUT2D eigenvalue weighted by molar-refractivity contribution is 0.602. The molecular formula is C10H14N4O2S2. The van der Waals surface area contributed by atoms with Gasteiger partial charge >= 0.3 is 0 Å². The van der Waals surface area contributed by atoms with Gasteiger partial charge in [-0.2, -0.15) is 5.10 Å². The third-order valence-electron chi connectivity index (χ3n) is 2.48. The molecule has 6 nitrogen and oxygen atoms in total. The zero-order chi connectivity index (χ0) is 13.5. The van der Waals surface area contributed by atoms with Gasteiger partial charge < -0.3 is 5.73 Å². The Labute approximate surface area is 109 Å². The molecule has 2 heterocycles. The fourth-order valence-electron chi connectivity index (χ4n) is 1.53. The summed E-state index contributed by atoms with van der Waals surface area (Å²) in [6, 6.07) is 3.33. The molecule has 2 rings (SSSR count). The minimum absolute atomic E-state index is 0.262.